The predicted molar refractivity (Wildman–Crippen MR) is 129 cm³/mol. The Kier molecular flexibility index (Phi) is 8.71. The molecule has 1 amide bonds. The summed E-state index contributed by atoms with van der Waals surface area (Å²) >= 11 is 0. The predicted octanol–water partition coefficient (Wildman–Crippen LogP) is 3.41. The molecule has 3 N–H and O–H groups in total. The first-order valence-corrected chi connectivity index (χ1v) is 12.2. The molecule has 1 saturated carbocycles. The number of pyridine rings is 1. The number of aliphatic hydroxyl groups is 1. The van der Waals surface area contributed by atoms with Crippen LogP contribution in [-0.2, 0) is 16.0 Å². The summed E-state index contributed by atoms with van der Waals surface area (Å²) in [6.45, 7) is 8.65. The van der Waals surface area contributed by atoms with Crippen LogP contribution in [-0.4, -0.2) is 60.2 Å². The van der Waals surface area contributed by atoms with Gasteiger partial charge in [-0.1, -0.05) is 32.9 Å². The van der Waals surface area contributed by atoms with Crippen molar-refractivity contribution in [2.75, 3.05) is 20.3 Å². The third kappa shape index (κ3) is 6.99. The Morgan fingerprint density at radius 3 is 2.76 bits per heavy atom. The number of hydrogen-bond acceptors (Lipinski definition) is 6. The van der Waals surface area contributed by atoms with E-state index in [9.17, 15) is 14.3 Å². The topological polar surface area (TPSA) is 92.7 Å². The van der Waals surface area contributed by atoms with Crippen molar-refractivity contribution in [2.24, 2.45) is 5.41 Å². The van der Waals surface area contributed by atoms with Gasteiger partial charge in [0.25, 0.3) is 0 Å². The average molecular weight is 478 g/mol. The van der Waals surface area contributed by atoms with Gasteiger partial charge in [0.15, 0.2) is 0 Å². The van der Waals surface area contributed by atoms with E-state index in [4.69, 9.17) is 9.47 Å². The van der Waals surface area contributed by atoms with Gasteiger partial charge in [-0.15, -0.1) is 0 Å². The first kappa shape index (κ1) is 26.6. The Bertz CT molecular complexity index is 864. The van der Waals surface area contributed by atoms with Crippen LogP contribution in [0.3, 0.4) is 0 Å². The minimum Gasteiger partial charge on any atom is -0.471 e. The van der Waals surface area contributed by atoms with Crippen LogP contribution in [0.1, 0.15) is 70.5 Å². The summed E-state index contributed by atoms with van der Waals surface area (Å²) < 4.78 is 24.9. The SMILES string of the molecule is CC=CC[C@H](NC(=O)COC)[C@H](O)CN[C@H]1CC2(CC(F)C2)Oc2ncc(CC(C)(C)C)cc21. The van der Waals surface area contributed by atoms with Crippen LogP contribution in [0.25, 0.3) is 0 Å². The molecule has 2 aliphatic rings. The second-order valence-corrected chi connectivity index (χ2v) is 10.9. The van der Waals surface area contributed by atoms with Crippen LogP contribution in [0.2, 0.25) is 0 Å². The van der Waals surface area contributed by atoms with Crippen molar-refractivity contribution in [3.05, 3.63) is 35.5 Å². The quantitative estimate of drug-likeness (QED) is 0.447. The van der Waals surface area contributed by atoms with E-state index in [0.717, 1.165) is 17.5 Å². The van der Waals surface area contributed by atoms with E-state index in [1.54, 1.807) is 0 Å². The highest BCUT2D eigenvalue weighted by molar-refractivity contribution is 5.77. The van der Waals surface area contributed by atoms with Gasteiger partial charge in [0.1, 0.15) is 18.4 Å². The van der Waals surface area contributed by atoms with E-state index in [-0.39, 0.29) is 30.5 Å². The van der Waals surface area contributed by atoms with E-state index < -0.39 is 23.9 Å². The maximum absolute atomic E-state index is 13.8. The van der Waals surface area contributed by atoms with Gasteiger partial charge in [-0.2, -0.15) is 0 Å². The number of hydrogen-bond donors (Lipinski definition) is 3. The molecular weight excluding hydrogens is 437 g/mol. The standard InChI is InChI=1S/C26H40FN3O4/c1-6-7-8-20(30-23(32)16-33-5)22(31)15-28-21-13-26(11-18(27)12-26)34-24-19(21)9-17(14-29-24)10-25(2,3)4/h6-7,9,14,18,20-22,28,31H,8,10-13,15-16H2,1-5H3,(H,30,32)/t18?,20-,21-,22+,26?/m0/s1. The second kappa shape index (κ2) is 11.1. The van der Waals surface area contributed by atoms with Crippen molar-refractivity contribution in [2.45, 2.75) is 89.8 Å². The van der Waals surface area contributed by atoms with E-state index in [0.29, 0.717) is 31.6 Å². The van der Waals surface area contributed by atoms with Crippen molar-refractivity contribution in [3.63, 3.8) is 0 Å². The first-order chi connectivity index (χ1) is 16.0. The number of amides is 1. The molecule has 190 valence electrons. The maximum atomic E-state index is 13.8. The van der Waals surface area contributed by atoms with Crippen molar-refractivity contribution < 1.29 is 23.8 Å². The summed E-state index contributed by atoms with van der Waals surface area (Å²) in [5.74, 6) is 0.271. The molecule has 1 aliphatic heterocycles. The number of alkyl halides is 1. The van der Waals surface area contributed by atoms with Gasteiger partial charge in [0.2, 0.25) is 11.8 Å². The zero-order chi connectivity index (χ0) is 24.9. The monoisotopic (exact) mass is 477 g/mol. The highest BCUT2D eigenvalue weighted by Crippen LogP contribution is 2.49. The zero-order valence-corrected chi connectivity index (χ0v) is 21.1. The molecular formula is C26H40FN3O4. The lowest BCUT2D eigenvalue weighted by molar-refractivity contribution is -0.126. The minimum atomic E-state index is -0.853. The van der Waals surface area contributed by atoms with E-state index in [2.05, 4.69) is 42.5 Å². The largest absolute Gasteiger partial charge is 0.471 e. The second-order valence-electron chi connectivity index (χ2n) is 10.9. The number of carbonyl (C=O) groups is 1. The molecule has 1 aromatic heterocycles. The smallest absolute Gasteiger partial charge is 0.246 e. The Labute approximate surface area is 202 Å². The summed E-state index contributed by atoms with van der Waals surface area (Å²) in [4.78, 5) is 16.6. The normalized spacial score (nSPS) is 26.0. The van der Waals surface area contributed by atoms with Gasteiger partial charge < -0.3 is 25.2 Å². The molecule has 0 radical (unpaired) electrons. The molecule has 0 unspecified atom stereocenters. The van der Waals surface area contributed by atoms with Crippen molar-refractivity contribution in [1.82, 2.24) is 15.6 Å². The molecule has 0 saturated heterocycles. The van der Waals surface area contributed by atoms with Crippen molar-refractivity contribution in [1.29, 1.82) is 0 Å². The van der Waals surface area contributed by atoms with Gasteiger partial charge >= 0.3 is 0 Å². The van der Waals surface area contributed by atoms with Crippen molar-refractivity contribution in [3.8, 4) is 5.88 Å². The summed E-state index contributed by atoms with van der Waals surface area (Å²) in [5.41, 5.74) is 1.62. The number of halogens is 1. The lowest BCUT2D eigenvalue weighted by atomic mass is 9.72. The highest BCUT2D eigenvalue weighted by Gasteiger charge is 2.51. The maximum Gasteiger partial charge on any atom is 0.246 e. The summed E-state index contributed by atoms with van der Waals surface area (Å²) in [5, 5.41) is 17.2. The Morgan fingerprint density at radius 1 is 1.41 bits per heavy atom. The highest BCUT2D eigenvalue weighted by atomic mass is 19.1. The third-order valence-electron chi connectivity index (χ3n) is 6.41. The Morgan fingerprint density at radius 2 is 2.15 bits per heavy atom. The van der Waals surface area contributed by atoms with Crippen LogP contribution in [0.4, 0.5) is 4.39 Å². The van der Waals surface area contributed by atoms with Crippen LogP contribution in [0.5, 0.6) is 5.88 Å². The third-order valence-corrected chi connectivity index (χ3v) is 6.41. The summed E-state index contributed by atoms with van der Waals surface area (Å²) in [6.07, 6.45) is 6.68. The molecule has 1 fully saturated rings. The summed E-state index contributed by atoms with van der Waals surface area (Å²) in [6, 6.07) is 1.53. The minimum absolute atomic E-state index is 0.0605. The first-order valence-electron chi connectivity index (χ1n) is 12.2. The fourth-order valence-corrected chi connectivity index (χ4v) is 4.85. The number of methoxy groups -OCH3 is 1. The van der Waals surface area contributed by atoms with Crippen LogP contribution in [0.15, 0.2) is 24.4 Å². The van der Waals surface area contributed by atoms with E-state index in [1.165, 1.54) is 7.11 Å². The molecule has 3 atom stereocenters. The number of fused-ring (bicyclic) bond motifs is 1. The molecule has 0 aromatic carbocycles. The number of nitrogens with zero attached hydrogens (tertiary/aromatic N) is 1. The van der Waals surface area contributed by atoms with E-state index >= 15 is 0 Å². The number of carbonyl (C=O) groups excluding carboxylic acids is 1. The molecule has 7 nitrogen and oxygen atoms in total. The molecule has 34 heavy (non-hydrogen) atoms. The lowest BCUT2D eigenvalue weighted by Crippen LogP contribution is -2.55. The van der Waals surface area contributed by atoms with Crippen LogP contribution in [0, 0.1) is 5.41 Å². The lowest BCUT2D eigenvalue weighted by Gasteiger charge is -2.49. The number of rotatable bonds is 10. The Balaban J connectivity index is 1.76. The van der Waals surface area contributed by atoms with Gasteiger partial charge in [0, 0.05) is 50.7 Å². The zero-order valence-electron chi connectivity index (χ0n) is 21.1. The Hall–Kier alpha value is -2.03. The van der Waals surface area contributed by atoms with Crippen molar-refractivity contribution >= 4 is 5.91 Å². The van der Waals surface area contributed by atoms with Gasteiger partial charge in [-0.05, 0) is 36.8 Å². The number of nitrogens with one attached hydrogen (secondary N) is 2. The van der Waals surface area contributed by atoms with Gasteiger partial charge in [-0.25, -0.2) is 9.37 Å². The molecule has 1 aliphatic carbocycles. The fourth-order valence-electron chi connectivity index (χ4n) is 4.85. The van der Waals surface area contributed by atoms with E-state index in [1.807, 2.05) is 25.3 Å². The average Bonchev–Trinajstić information content (AvgIpc) is 2.73. The number of aliphatic hydroxyl groups excluding tert-OH is 1. The van der Waals surface area contributed by atoms with Crippen LogP contribution >= 0.6 is 0 Å². The molecule has 2 heterocycles. The molecule has 8 heteroatoms. The number of allylic oxidation sites excluding steroid dienone is 1. The number of aromatic nitrogens is 1. The summed E-state index contributed by atoms with van der Waals surface area (Å²) in [7, 11) is 1.46. The van der Waals surface area contributed by atoms with Crippen LogP contribution < -0.4 is 15.4 Å². The fraction of sp³-hybridized carbons (Fsp3) is 0.692. The molecule has 3 rings (SSSR count). The van der Waals surface area contributed by atoms with Gasteiger partial charge in [0.05, 0.1) is 12.1 Å². The molecule has 1 spiro atoms. The molecule has 0 bridgehead atoms. The molecule has 1 aromatic rings. The van der Waals surface area contributed by atoms with Gasteiger partial charge in [-0.3, -0.25) is 4.79 Å². The number of ether oxygens (including phenoxy) is 2.